The maximum absolute atomic E-state index is 13.4. The van der Waals surface area contributed by atoms with E-state index < -0.39 is 0 Å². The lowest BCUT2D eigenvalue weighted by Crippen LogP contribution is -2.44. The Bertz CT molecular complexity index is 1500. The van der Waals surface area contributed by atoms with Crippen LogP contribution in [-0.4, -0.2) is 40.8 Å². The first-order valence-electron chi connectivity index (χ1n) is 11.0. The Hall–Kier alpha value is -3.67. The second kappa shape index (κ2) is 8.93. The Balaban J connectivity index is 1.84. The van der Waals surface area contributed by atoms with E-state index in [1.807, 2.05) is 36.4 Å². The molecule has 34 heavy (non-hydrogen) atoms. The van der Waals surface area contributed by atoms with Crippen LogP contribution in [0.15, 0.2) is 63.9 Å². The summed E-state index contributed by atoms with van der Waals surface area (Å²) < 4.78 is 2.45. The third-order valence-electron chi connectivity index (χ3n) is 6.22. The number of fused-ring (bicyclic) bond motifs is 1. The molecule has 0 radical (unpaired) electrons. The molecule has 4 aromatic rings. The van der Waals surface area contributed by atoms with Crippen molar-refractivity contribution in [2.75, 3.05) is 31.1 Å². The molecule has 170 valence electrons. The van der Waals surface area contributed by atoms with Gasteiger partial charge in [-0.25, -0.2) is 4.98 Å². The third kappa shape index (κ3) is 3.73. The Morgan fingerprint density at radius 3 is 2.53 bits per heavy atom. The van der Waals surface area contributed by atoms with Crippen LogP contribution in [0, 0.1) is 11.3 Å². The molecule has 2 aromatic heterocycles. The number of anilines is 1. The minimum atomic E-state index is -0.346. The van der Waals surface area contributed by atoms with E-state index in [2.05, 4.69) is 32.2 Å². The highest BCUT2D eigenvalue weighted by atomic mass is 79.9. The average molecular weight is 516 g/mol. The summed E-state index contributed by atoms with van der Waals surface area (Å²) >= 11 is 3.46. The smallest absolute Gasteiger partial charge is 0.264 e. The van der Waals surface area contributed by atoms with Gasteiger partial charge in [-0.1, -0.05) is 40.2 Å². The number of aryl methyl sites for hydroxylation is 1. The zero-order valence-corrected chi connectivity index (χ0v) is 20.1. The second-order valence-corrected chi connectivity index (χ2v) is 9.13. The van der Waals surface area contributed by atoms with Crippen molar-refractivity contribution in [2.24, 2.45) is 7.05 Å². The largest absolute Gasteiger partial charge is 0.506 e. The fraction of sp³-hybridized carbons (Fsp3) is 0.192. The zero-order chi connectivity index (χ0) is 23.8. The Morgan fingerprint density at radius 2 is 1.82 bits per heavy atom. The van der Waals surface area contributed by atoms with Crippen LogP contribution in [0.3, 0.4) is 0 Å². The fourth-order valence-electron chi connectivity index (χ4n) is 4.44. The van der Waals surface area contributed by atoms with Crippen molar-refractivity contribution in [1.82, 2.24) is 14.9 Å². The molecule has 7 nitrogen and oxygen atoms in total. The van der Waals surface area contributed by atoms with Gasteiger partial charge in [-0.15, -0.1) is 0 Å². The Morgan fingerprint density at radius 1 is 1.12 bits per heavy atom. The highest BCUT2D eigenvalue weighted by Gasteiger charge is 2.24. The number of rotatable bonds is 3. The van der Waals surface area contributed by atoms with E-state index in [0.717, 1.165) is 23.1 Å². The molecule has 0 saturated carbocycles. The van der Waals surface area contributed by atoms with Crippen molar-refractivity contribution in [2.45, 2.75) is 0 Å². The first-order chi connectivity index (χ1) is 16.5. The molecule has 1 aliphatic rings. The molecular weight excluding hydrogens is 494 g/mol. The van der Waals surface area contributed by atoms with Crippen LogP contribution in [0.5, 0.6) is 5.75 Å². The van der Waals surface area contributed by atoms with E-state index >= 15 is 0 Å². The van der Waals surface area contributed by atoms with Crippen molar-refractivity contribution < 1.29 is 5.11 Å². The quantitative estimate of drug-likeness (QED) is 0.428. The van der Waals surface area contributed by atoms with Crippen LogP contribution >= 0.6 is 15.9 Å². The van der Waals surface area contributed by atoms with Crippen LogP contribution in [0.1, 0.15) is 5.56 Å². The van der Waals surface area contributed by atoms with Crippen LogP contribution < -0.4 is 15.8 Å². The molecule has 0 amide bonds. The molecule has 1 saturated heterocycles. The first kappa shape index (κ1) is 22.1. The molecule has 1 aliphatic heterocycles. The molecule has 8 heteroatoms. The number of nitriles is 1. The average Bonchev–Trinajstić information content (AvgIpc) is 2.88. The van der Waals surface area contributed by atoms with Crippen molar-refractivity contribution in [1.29, 1.82) is 5.26 Å². The van der Waals surface area contributed by atoms with E-state index in [1.165, 1.54) is 4.57 Å². The predicted molar refractivity (Wildman–Crippen MR) is 137 cm³/mol. The van der Waals surface area contributed by atoms with Crippen molar-refractivity contribution in [3.8, 4) is 34.2 Å². The second-order valence-electron chi connectivity index (χ2n) is 8.21. The number of pyridine rings is 2. The van der Waals surface area contributed by atoms with Crippen molar-refractivity contribution >= 4 is 32.7 Å². The summed E-state index contributed by atoms with van der Waals surface area (Å²) in [5, 5.41) is 25.2. The van der Waals surface area contributed by atoms with Crippen LogP contribution in [-0.2, 0) is 7.05 Å². The molecule has 0 atom stereocenters. The summed E-state index contributed by atoms with van der Waals surface area (Å²) in [4.78, 5) is 20.3. The molecule has 0 aliphatic carbocycles. The summed E-state index contributed by atoms with van der Waals surface area (Å²) in [5.74, 6) is 0.415. The van der Waals surface area contributed by atoms with E-state index in [4.69, 9.17) is 4.98 Å². The van der Waals surface area contributed by atoms with E-state index in [0.29, 0.717) is 46.6 Å². The van der Waals surface area contributed by atoms with Crippen molar-refractivity contribution in [3.63, 3.8) is 0 Å². The van der Waals surface area contributed by atoms with Gasteiger partial charge in [0.1, 0.15) is 28.8 Å². The summed E-state index contributed by atoms with van der Waals surface area (Å²) in [6.45, 7) is 2.92. The molecule has 0 spiro atoms. The minimum absolute atomic E-state index is 0.107. The van der Waals surface area contributed by atoms with Crippen LogP contribution in [0.2, 0.25) is 0 Å². The number of benzene rings is 2. The molecular formula is C26H22BrN5O2. The summed E-state index contributed by atoms with van der Waals surface area (Å²) in [6, 6.07) is 19.0. The van der Waals surface area contributed by atoms with E-state index in [9.17, 15) is 15.2 Å². The first-order valence-corrected chi connectivity index (χ1v) is 11.8. The lowest BCUT2D eigenvalue weighted by atomic mass is 9.97. The number of nitrogens with zero attached hydrogens (tertiary/aromatic N) is 4. The van der Waals surface area contributed by atoms with E-state index in [1.54, 1.807) is 25.2 Å². The van der Waals surface area contributed by atoms with Gasteiger partial charge in [0.25, 0.3) is 5.56 Å². The van der Waals surface area contributed by atoms with Gasteiger partial charge in [0.05, 0.1) is 11.2 Å². The molecule has 3 heterocycles. The maximum atomic E-state index is 13.4. The van der Waals surface area contributed by atoms with Gasteiger partial charge in [0.2, 0.25) is 0 Å². The summed E-state index contributed by atoms with van der Waals surface area (Å²) in [5.41, 5.74) is 2.71. The van der Waals surface area contributed by atoms with Gasteiger partial charge in [-0.05, 0) is 35.9 Å². The molecule has 1 fully saturated rings. The summed E-state index contributed by atoms with van der Waals surface area (Å²) in [6.07, 6.45) is 0. The highest BCUT2D eigenvalue weighted by molar-refractivity contribution is 9.10. The van der Waals surface area contributed by atoms with Crippen molar-refractivity contribution in [3.05, 3.63) is 75.0 Å². The topological polar surface area (TPSA) is 94.2 Å². The van der Waals surface area contributed by atoms with E-state index in [-0.39, 0.29) is 16.9 Å². The van der Waals surface area contributed by atoms with Gasteiger partial charge in [-0.2, -0.15) is 5.26 Å². The number of para-hydroxylation sites is 1. The maximum Gasteiger partial charge on any atom is 0.264 e. The summed E-state index contributed by atoms with van der Waals surface area (Å²) in [7, 11) is 1.68. The number of hydrogen-bond donors (Lipinski definition) is 2. The number of hydrogen-bond acceptors (Lipinski definition) is 6. The van der Waals surface area contributed by atoms with Gasteiger partial charge < -0.3 is 19.9 Å². The molecule has 0 unspecified atom stereocenters. The predicted octanol–water partition coefficient (Wildman–Crippen LogP) is 4.02. The zero-order valence-electron chi connectivity index (χ0n) is 18.5. The lowest BCUT2D eigenvalue weighted by molar-refractivity contribution is 0.481. The highest BCUT2D eigenvalue weighted by Crippen LogP contribution is 2.38. The van der Waals surface area contributed by atoms with Gasteiger partial charge in [0, 0.05) is 48.6 Å². The minimum Gasteiger partial charge on any atom is -0.506 e. The number of piperazine rings is 1. The molecule has 2 N–H and O–H groups in total. The molecule has 0 bridgehead atoms. The van der Waals surface area contributed by atoms with Crippen LogP contribution in [0.25, 0.3) is 33.3 Å². The molecule has 5 rings (SSSR count). The Labute approximate surface area is 205 Å². The monoisotopic (exact) mass is 515 g/mol. The number of nitrogens with one attached hydrogen (secondary N) is 1. The third-order valence-corrected chi connectivity index (χ3v) is 6.74. The normalized spacial score (nSPS) is 13.7. The van der Waals surface area contributed by atoms with Gasteiger partial charge >= 0.3 is 0 Å². The van der Waals surface area contributed by atoms with Gasteiger partial charge in [-0.3, -0.25) is 4.79 Å². The number of halogens is 1. The number of aromatic nitrogens is 2. The SMILES string of the molecule is Cn1c(=O)c(-c2cc(-c3ccc(Br)cc3)c(C#N)c(N3CCNCC3)n2)c(O)c2ccccc21. The fourth-order valence-corrected chi connectivity index (χ4v) is 4.71. The van der Waals surface area contributed by atoms with Crippen LogP contribution in [0.4, 0.5) is 5.82 Å². The standard InChI is InChI=1S/C26H22BrN5O2/c1-31-22-5-3-2-4-18(22)24(33)23(26(31)34)21-14-19(16-6-8-17(27)9-7-16)20(15-28)25(30-21)32-12-10-29-11-13-32/h2-9,14,29,33H,10-13H2,1H3. The number of aromatic hydroxyl groups is 1. The Kier molecular flexibility index (Phi) is 5.82. The molecule has 2 aromatic carbocycles. The van der Waals surface area contributed by atoms with Gasteiger partial charge in [0.15, 0.2) is 0 Å². The lowest BCUT2D eigenvalue weighted by Gasteiger charge is -2.30.